The molecule has 0 amide bonds. The quantitative estimate of drug-likeness (QED) is 0.168. The normalized spacial score (nSPS) is 11.8. The molecule has 0 saturated carbocycles. The van der Waals surface area contributed by atoms with E-state index in [-0.39, 0.29) is 0 Å². The summed E-state index contributed by atoms with van der Waals surface area (Å²) in [5, 5.41) is 7.26. The average molecular weight is 759 g/mol. The van der Waals surface area contributed by atoms with Crippen LogP contribution < -0.4 is 4.90 Å². The van der Waals surface area contributed by atoms with Crippen LogP contribution in [0.5, 0.6) is 0 Å². The van der Waals surface area contributed by atoms with Gasteiger partial charge in [-0.05, 0) is 83.4 Å². The van der Waals surface area contributed by atoms with Crippen LogP contribution in [0.4, 0.5) is 17.1 Å². The van der Waals surface area contributed by atoms with Gasteiger partial charge in [0.05, 0.1) is 22.4 Å². The Morgan fingerprint density at radius 3 is 1.88 bits per heavy atom. The van der Waals surface area contributed by atoms with E-state index in [1.807, 2.05) is 17.4 Å². The Morgan fingerprint density at radius 1 is 0.414 bits per heavy atom. The minimum Gasteiger partial charge on any atom is -0.456 e. The fraction of sp³-hybridized carbons (Fsp3) is 0. The van der Waals surface area contributed by atoms with Gasteiger partial charge in [-0.1, -0.05) is 140 Å². The van der Waals surface area contributed by atoms with Gasteiger partial charge < -0.3 is 13.9 Å². The van der Waals surface area contributed by atoms with Crippen LogP contribution in [-0.4, -0.2) is 4.57 Å². The first-order chi connectivity index (χ1) is 28.8. The zero-order chi connectivity index (χ0) is 38.2. The molecule has 12 rings (SSSR count). The fourth-order valence-corrected chi connectivity index (χ4v) is 10.4. The third-order valence-corrected chi connectivity index (χ3v) is 12.8. The van der Waals surface area contributed by atoms with Crippen molar-refractivity contribution >= 4 is 92.3 Å². The predicted octanol–water partition coefficient (Wildman–Crippen LogP) is 15.9. The number of thiophene rings is 1. The van der Waals surface area contributed by atoms with E-state index in [1.54, 1.807) is 0 Å². The summed E-state index contributed by atoms with van der Waals surface area (Å²) in [7, 11) is 0. The lowest BCUT2D eigenvalue weighted by Gasteiger charge is -2.29. The predicted molar refractivity (Wildman–Crippen MR) is 247 cm³/mol. The van der Waals surface area contributed by atoms with Gasteiger partial charge in [0, 0.05) is 58.7 Å². The Kier molecular flexibility index (Phi) is 7.40. The van der Waals surface area contributed by atoms with Crippen LogP contribution in [0, 0.1) is 0 Å². The Labute approximate surface area is 338 Å². The van der Waals surface area contributed by atoms with Crippen molar-refractivity contribution in [2.75, 3.05) is 4.90 Å². The number of nitrogens with zero attached hydrogens (tertiary/aromatic N) is 2. The molecule has 9 aromatic carbocycles. The maximum Gasteiger partial charge on any atom is 0.136 e. The third-order valence-electron chi connectivity index (χ3n) is 11.6. The SMILES string of the molecule is c1ccc(N(c2ccccc2-c2cccc3oc4ccccc4c23)c2ccc(-c3cccc(-n4c5ccccc5c5ccccc54)c3)c3sc4ccccc4c23)cc1. The summed E-state index contributed by atoms with van der Waals surface area (Å²) in [6, 6.07) is 74.4. The monoisotopic (exact) mass is 758 g/mol. The van der Waals surface area contributed by atoms with Gasteiger partial charge in [0.15, 0.2) is 0 Å². The molecule has 0 fully saturated rings. The molecule has 272 valence electrons. The number of anilines is 3. The number of fused-ring (bicyclic) bond motifs is 9. The zero-order valence-corrected chi connectivity index (χ0v) is 32.2. The molecule has 0 aliphatic heterocycles. The molecule has 4 heteroatoms. The van der Waals surface area contributed by atoms with Crippen LogP contribution in [0.3, 0.4) is 0 Å². The fourth-order valence-electron chi connectivity index (χ4n) is 9.12. The summed E-state index contributed by atoms with van der Waals surface area (Å²) in [6.45, 7) is 0. The van der Waals surface area contributed by atoms with E-state index in [1.165, 1.54) is 53.1 Å². The van der Waals surface area contributed by atoms with E-state index in [2.05, 4.69) is 210 Å². The molecule has 0 bridgehead atoms. The lowest BCUT2D eigenvalue weighted by Crippen LogP contribution is -2.11. The molecule has 0 radical (unpaired) electrons. The number of aromatic nitrogens is 1. The van der Waals surface area contributed by atoms with E-state index in [0.29, 0.717) is 0 Å². The molecule has 0 N–H and O–H groups in total. The number of furan rings is 1. The lowest BCUT2D eigenvalue weighted by molar-refractivity contribution is 0.669. The highest BCUT2D eigenvalue weighted by Crippen LogP contribution is 2.51. The standard InChI is InChI=1S/C54H34N2OS/c1-2-17-36(18-3-1)55(47-28-11-6-22-41(47)42-25-15-30-50-52(42)43-23-7-12-29-49(43)57-50)48-33-32-38(54-53(48)44-24-8-13-31-51(44)58-54)35-16-14-19-37(34-35)56-45-26-9-4-20-39(45)40-21-5-10-27-46(40)56/h1-34H. The summed E-state index contributed by atoms with van der Waals surface area (Å²) in [4.78, 5) is 2.45. The van der Waals surface area contributed by atoms with Crippen molar-refractivity contribution in [1.82, 2.24) is 4.57 Å². The number of rotatable bonds is 6. The minimum atomic E-state index is 0.887. The topological polar surface area (TPSA) is 21.3 Å². The number of benzene rings is 9. The third kappa shape index (κ3) is 4.99. The lowest BCUT2D eigenvalue weighted by atomic mass is 9.96. The molecule has 12 aromatic rings. The summed E-state index contributed by atoms with van der Waals surface area (Å²) in [5.41, 5.74) is 13.4. The smallest absolute Gasteiger partial charge is 0.136 e. The second-order valence-electron chi connectivity index (χ2n) is 14.8. The van der Waals surface area contributed by atoms with Gasteiger partial charge in [0.2, 0.25) is 0 Å². The molecule has 3 heterocycles. The maximum atomic E-state index is 6.40. The summed E-state index contributed by atoms with van der Waals surface area (Å²) in [6.07, 6.45) is 0. The summed E-state index contributed by atoms with van der Waals surface area (Å²) in [5.74, 6) is 0. The number of hydrogen-bond donors (Lipinski definition) is 0. The van der Waals surface area contributed by atoms with E-state index in [0.717, 1.165) is 55.8 Å². The van der Waals surface area contributed by atoms with Gasteiger partial charge in [0.1, 0.15) is 11.2 Å². The van der Waals surface area contributed by atoms with Gasteiger partial charge in [-0.2, -0.15) is 0 Å². The first-order valence-electron chi connectivity index (χ1n) is 19.7. The molecule has 0 atom stereocenters. The second kappa shape index (κ2) is 13.1. The van der Waals surface area contributed by atoms with E-state index >= 15 is 0 Å². The van der Waals surface area contributed by atoms with E-state index < -0.39 is 0 Å². The highest BCUT2D eigenvalue weighted by Gasteiger charge is 2.24. The first kappa shape index (κ1) is 32.8. The molecule has 58 heavy (non-hydrogen) atoms. The van der Waals surface area contributed by atoms with Crippen LogP contribution in [0.1, 0.15) is 0 Å². The average Bonchev–Trinajstić information content (AvgIpc) is 3.97. The summed E-state index contributed by atoms with van der Waals surface area (Å²) >= 11 is 1.87. The Hall–Kier alpha value is -7.40. The second-order valence-corrected chi connectivity index (χ2v) is 15.9. The highest BCUT2D eigenvalue weighted by atomic mass is 32.1. The van der Waals surface area contributed by atoms with E-state index in [9.17, 15) is 0 Å². The van der Waals surface area contributed by atoms with Crippen LogP contribution in [-0.2, 0) is 0 Å². The molecule has 0 aliphatic carbocycles. The molecule has 0 aliphatic rings. The van der Waals surface area contributed by atoms with Gasteiger partial charge in [-0.15, -0.1) is 11.3 Å². The Bertz CT molecular complexity index is 3480. The Morgan fingerprint density at radius 2 is 1.05 bits per heavy atom. The molecule has 0 saturated heterocycles. The number of para-hydroxylation sites is 5. The minimum absolute atomic E-state index is 0.887. The molecule has 0 spiro atoms. The molecule has 3 aromatic heterocycles. The molecular weight excluding hydrogens is 725 g/mol. The van der Waals surface area contributed by atoms with Crippen molar-refractivity contribution in [3.63, 3.8) is 0 Å². The van der Waals surface area contributed by atoms with Gasteiger partial charge in [-0.25, -0.2) is 0 Å². The van der Waals surface area contributed by atoms with Crippen molar-refractivity contribution in [3.8, 4) is 27.9 Å². The highest BCUT2D eigenvalue weighted by molar-refractivity contribution is 7.26. The van der Waals surface area contributed by atoms with Crippen LogP contribution >= 0.6 is 11.3 Å². The van der Waals surface area contributed by atoms with Crippen LogP contribution in [0.2, 0.25) is 0 Å². The van der Waals surface area contributed by atoms with Crippen molar-refractivity contribution < 1.29 is 4.42 Å². The van der Waals surface area contributed by atoms with Crippen LogP contribution in [0.25, 0.3) is 91.9 Å². The van der Waals surface area contributed by atoms with Crippen molar-refractivity contribution in [3.05, 3.63) is 206 Å². The van der Waals surface area contributed by atoms with Crippen LogP contribution in [0.15, 0.2) is 211 Å². The van der Waals surface area contributed by atoms with Gasteiger partial charge >= 0.3 is 0 Å². The summed E-state index contributed by atoms with van der Waals surface area (Å²) < 4.78 is 11.3. The number of hydrogen-bond acceptors (Lipinski definition) is 3. The first-order valence-corrected chi connectivity index (χ1v) is 20.5. The van der Waals surface area contributed by atoms with Crippen molar-refractivity contribution in [1.29, 1.82) is 0 Å². The Balaban J connectivity index is 1.10. The maximum absolute atomic E-state index is 6.40. The van der Waals surface area contributed by atoms with E-state index in [4.69, 9.17) is 4.42 Å². The molecule has 3 nitrogen and oxygen atoms in total. The van der Waals surface area contributed by atoms with Crippen molar-refractivity contribution in [2.45, 2.75) is 0 Å². The molecular formula is C54H34N2OS. The zero-order valence-electron chi connectivity index (χ0n) is 31.3. The molecule has 0 unspecified atom stereocenters. The van der Waals surface area contributed by atoms with Gasteiger partial charge in [0.25, 0.3) is 0 Å². The largest absolute Gasteiger partial charge is 0.456 e. The van der Waals surface area contributed by atoms with Gasteiger partial charge in [-0.3, -0.25) is 0 Å². The van der Waals surface area contributed by atoms with Crippen molar-refractivity contribution in [2.24, 2.45) is 0 Å².